The van der Waals surface area contributed by atoms with E-state index in [2.05, 4.69) is 25.3 Å². The quantitative estimate of drug-likeness (QED) is 0.632. The number of thioether (sulfide) groups is 1. The maximum absolute atomic E-state index is 12.0. The fraction of sp³-hybridized carbons (Fsp3) is 0.133. The number of carbonyl (C=O) groups is 1. The molecule has 2 heterocycles. The molecule has 0 unspecified atom stereocenters. The molecule has 3 aromatic rings. The summed E-state index contributed by atoms with van der Waals surface area (Å²) in [5, 5.41) is 5.57. The molecule has 0 radical (unpaired) electrons. The van der Waals surface area contributed by atoms with Crippen molar-refractivity contribution in [1.29, 1.82) is 0 Å². The van der Waals surface area contributed by atoms with Crippen molar-refractivity contribution in [2.75, 3.05) is 23.9 Å². The van der Waals surface area contributed by atoms with Crippen LogP contribution < -0.4 is 15.8 Å². The third-order valence-electron chi connectivity index (χ3n) is 3.02. The molecule has 0 aliphatic heterocycles. The van der Waals surface area contributed by atoms with E-state index in [1.807, 2.05) is 29.6 Å². The fourth-order valence-corrected chi connectivity index (χ4v) is 3.24. The van der Waals surface area contributed by atoms with E-state index in [0.717, 1.165) is 17.0 Å². The van der Waals surface area contributed by atoms with Gasteiger partial charge in [-0.2, -0.15) is 4.98 Å². The molecule has 0 bridgehead atoms. The van der Waals surface area contributed by atoms with Gasteiger partial charge in [0.1, 0.15) is 12.1 Å². The van der Waals surface area contributed by atoms with Crippen molar-refractivity contribution >= 4 is 40.1 Å². The van der Waals surface area contributed by atoms with Crippen LogP contribution in [0.2, 0.25) is 0 Å². The summed E-state index contributed by atoms with van der Waals surface area (Å²) in [5.41, 5.74) is 7.17. The topological polar surface area (TPSA) is 116 Å². The van der Waals surface area contributed by atoms with Crippen LogP contribution in [0.3, 0.4) is 0 Å². The second kappa shape index (κ2) is 7.90. The molecule has 0 aliphatic rings. The van der Waals surface area contributed by atoms with Crippen LogP contribution >= 0.6 is 23.1 Å². The third kappa shape index (κ3) is 4.64. The number of ether oxygens (including phenoxy) is 1. The van der Waals surface area contributed by atoms with E-state index in [9.17, 15) is 4.79 Å². The second-order valence-electron chi connectivity index (χ2n) is 4.73. The zero-order valence-corrected chi connectivity index (χ0v) is 14.8. The number of rotatable bonds is 6. The van der Waals surface area contributed by atoms with Gasteiger partial charge in [-0.1, -0.05) is 23.9 Å². The summed E-state index contributed by atoms with van der Waals surface area (Å²) >= 11 is 2.53. The number of amides is 1. The van der Waals surface area contributed by atoms with Gasteiger partial charge in [-0.25, -0.2) is 15.0 Å². The van der Waals surface area contributed by atoms with Crippen LogP contribution in [0.25, 0.3) is 11.3 Å². The average Bonchev–Trinajstić information content (AvgIpc) is 3.08. The Kier molecular flexibility index (Phi) is 5.41. The molecule has 0 fully saturated rings. The van der Waals surface area contributed by atoms with E-state index in [1.54, 1.807) is 7.11 Å². The molecule has 2 aromatic heterocycles. The van der Waals surface area contributed by atoms with Crippen molar-refractivity contribution in [3.05, 3.63) is 36.0 Å². The number of methoxy groups -OCH3 is 1. The van der Waals surface area contributed by atoms with Crippen LogP contribution in [-0.4, -0.2) is 38.7 Å². The Morgan fingerprint density at radius 2 is 2.24 bits per heavy atom. The summed E-state index contributed by atoms with van der Waals surface area (Å²) < 4.78 is 5.21. The van der Waals surface area contributed by atoms with Crippen molar-refractivity contribution in [2.24, 2.45) is 0 Å². The normalized spacial score (nSPS) is 10.4. The first kappa shape index (κ1) is 17.1. The van der Waals surface area contributed by atoms with Crippen LogP contribution in [-0.2, 0) is 4.79 Å². The minimum absolute atomic E-state index is 0.126. The highest BCUT2D eigenvalue weighted by Gasteiger charge is 2.10. The van der Waals surface area contributed by atoms with Gasteiger partial charge in [0.05, 0.1) is 18.6 Å². The van der Waals surface area contributed by atoms with Crippen molar-refractivity contribution in [3.8, 4) is 17.0 Å². The molecule has 3 N–H and O–H groups in total. The summed E-state index contributed by atoms with van der Waals surface area (Å²) in [6.07, 6.45) is 1.31. The smallest absolute Gasteiger partial charge is 0.236 e. The van der Waals surface area contributed by atoms with Gasteiger partial charge >= 0.3 is 0 Å². The van der Waals surface area contributed by atoms with E-state index in [-0.39, 0.29) is 17.6 Å². The van der Waals surface area contributed by atoms with Gasteiger partial charge in [0.25, 0.3) is 0 Å². The third-order valence-corrected chi connectivity index (χ3v) is 4.64. The first-order valence-electron chi connectivity index (χ1n) is 7.11. The number of aromatic nitrogens is 4. The van der Waals surface area contributed by atoms with Crippen LogP contribution in [0.15, 0.2) is 41.1 Å². The lowest BCUT2D eigenvalue weighted by Gasteiger charge is -2.02. The molecule has 1 amide bonds. The zero-order chi connectivity index (χ0) is 17.6. The molecule has 25 heavy (non-hydrogen) atoms. The molecule has 0 saturated carbocycles. The number of nitrogens with one attached hydrogen (secondary N) is 1. The number of anilines is 2. The molecule has 0 aliphatic carbocycles. The van der Waals surface area contributed by atoms with E-state index < -0.39 is 0 Å². The summed E-state index contributed by atoms with van der Waals surface area (Å²) in [6, 6.07) is 7.58. The molecule has 8 nitrogen and oxygen atoms in total. The summed E-state index contributed by atoms with van der Waals surface area (Å²) in [5.74, 6) is 0.831. The lowest BCUT2D eigenvalue weighted by molar-refractivity contribution is -0.113. The first-order valence-corrected chi connectivity index (χ1v) is 8.97. The van der Waals surface area contributed by atoms with E-state index >= 15 is 0 Å². The molecular formula is C15H14N6O2S2. The Morgan fingerprint density at radius 3 is 3.04 bits per heavy atom. The van der Waals surface area contributed by atoms with E-state index in [1.165, 1.54) is 29.4 Å². The van der Waals surface area contributed by atoms with Gasteiger partial charge in [-0.3, -0.25) is 4.79 Å². The van der Waals surface area contributed by atoms with E-state index in [0.29, 0.717) is 10.3 Å². The standard InChI is InChI=1S/C15H14N6O2S2/c1-23-10-4-2-3-9(5-10)11-6-24-15(19-11)20-12(22)7-25-14-18-8-17-13(16)21-14/h2-6,8H,7H2,1H3,(H,19,20,22)(H2,16,17,18,21). The Bertz CT molecular complexity index is 886. The monoisotopic (exact) mass is 374 g/mol. The molecule has 0 spiro atoms. The number of hydrogen-bond donors (Lipinski definition) is 2. The van der Waals surface area contributed by atoms with Crippen LogP contribution in [0.4, 0.5) is 11.1 Å². The Labute approximate surface area is 151 Å². The predicted octanol–water partition coefficient (Wildman–Crippen LogP) is 2.32. The fourth-order valence-electron chi connectivity index (χ4n) is 1.89. The van der Waals surface area contributed by atoms with Crippen molar-refractivity contribution < 1.29 is 9.53 Å². The number of hydrogen-bond acceptors (Lipinski definition) is 9. The SMILES string of the molecule is COc1cccc(-c2csc(NC(=O)CSc3ncnc(N)n3)n2)c1. The number of nitrogen functional groups attached to an aromatic ring is 1. The van der Waals surface area contributed by atoms with Crippen molar-refractivity contribution in [1.82, 2.24) is 19.9 Å². The van der Waals surface area contributed by atoms with Gasteiger partial charge in [0.2, 0.25) is 11.9 Å². The van der Waals surface area contributed by atoms with Gasteiger partial charge in [0.15, 0.2) is 10.3 Å². The van der Waals surface area contributed by atoms with Gasteiger partial charge in [-0.05, 0) is 12.1 Å². The highest BCUT2D eigenvalue weighted by Crippen LogP contribution is 2.27. The predicted molar refractivity (Wildman–Crippen MR) is 97.7 cm³/mol. The molecule has 10 heteroatoms. The number of benzene rings is 1. The molecule has 0 saturated heterocycles. The van der Waals surface area contributed by atoms with Crippen LogP contribution in [0.1, 0.15) is 0 Å². The van der Waals surface area contributed by atoms with Crippen molar-refractivity contribution in [2.45, 2.75) is 5.16 Å². The first-order chi connectivity index (χ1) is 12.1. The molecule has 3 rings (SSSR count). The van der Waals surface area contributed by atoms with Crippen LogP contribution in [0, 0.1) is 0 Å². The minimum Gasteiger partial charge on any atom is -0.497 e. The van der Waals surface area contributed by atoms with Crippen LogP contribution in [0.5, 0.6) is 5.75 Å². The highest BCUT2D eigenvalue weighted by molar-refractivity contribution is 7.99. The molecule has 128 valence electrons. The molecule has 1 aromatic carbocycles. The Balaban J connectivity index is 1.60. The highest BCUT2D eigenvalue weighted by atomic mass is 32.2. The summed E-state index contributed by atoms with van der Waals surface area (Å²) in [6.45, 7) is 0. The largest absolute Gasteiger partial charge is 0.497 e. The average molecular weight is 374 g/mol. The number of thiazole rings is 1. The maximum Gasteiger partial charge on any atom is 0.236 e. The van der Waals surface area contributed by atoms with Gasteiger partial charge in [-0.15, -0.1) is 11.3 Å². The van der Waals surface area contributed by atoms with Gasteiger partial charge < -0.3 is 15.8 Å². The maximum atomic E-state index is 12.0. The molecular weight excluding hydrogens is 360 g/mol. The summed E-state index contributed by atoms with van der Waals surface area (Å²) in [7, 11) is 1.61. The number of nitrogens with two attached hydrogens (primary N) is 1. The van der Waals surface area contributed by atoms with Crippen molar-refractivity contribution in [3.63, 3.8) is 0 Å². The van der Waals surface area contributed by atoms with Gasteiger partial charge in [0, 0.05) is 10.9 Å². The lowest BCUT2D eigenvalue weighted by Crippen LogP contribution is -2.14. The number of nitrogens with zero attached hydrogens (tertiary/aromatic N) is 4. The zero-order valence-electron chi connectivity index (χ0n) is 13.2. The minimum atomic E-state index is -0.199. The second-order valence-corrected chi connectivity index (χ2v) is 6.53. The van der Waals surface area contributed by atoms with E-state index in [4.69, 9.17) is 10.5 Å². The molecule has 0 atom stereocenters. The Morgan fingerprint density at radius 1 is 1.36 bits per heavy atom. The number of carbonyl (C=O) groups excluding carboxylic acids is 1. The lowest BCUT2D eigenvalue weighted by atomic mass is 10.2. The Hall–Kier alpha value is -2.72. The summed E-state index contributed by atoms with van der Waals surface area (Å²) in [4.78, 5) is 28.0.